The smallest absolute Gasteiger partial charge is 0.234 e. The zero-order valence-electron chi connectivity index (χ0n) is 20.1. The number of hydrogen-bond acceptors (Lipinski definition) is 6. The molecule has 0 saturated carbocycles. The Bertz CT molecular complexity index is 1020. The lowest BCUT2D eigenvalue weighted by atomic mass is 9.90. The Morgan fingerprint density at radius 3 is 2.20 bits per heavy atom. The van der Waals surface area contributed by atoms with Crippen LogP contribution in [0.2, 0.25) is 0 Å². The number of amides is 1. The number of β-amino-alcohol motifs (C(OH)–C–C–N with tert-alkyl or cyclic N) is 1. The molecule has 4 rings (SSSR count). The molecule has 0 spiro atoms. The Morgan fingerprint density at radius 2 is 1.60 bits per heavy atom. The van der Waals surface area contributed by atoms with Gasteiger partial charge in [-0.15, -0.1) is 0 Å². The zero-order valence-corrected chi connectivity index (χ0v) is 20.1. The molecule has 1 N–H and O–H groups in total. The average molecular weight is 476 g/mol. The van der Waals surface area contributed by atoms with Crippen LogP contribution in [-0.2, 0) is 16.1 Å². The van der Waals surface area contributed by atoms with Crippen molar-refractivity contribution >= 4 is 5.91 Å². The molecular formula is C28H33N3O4. The molecule has 3 aromatic rings. The number of piperazine rings is 1. The minimum atomic E-state index is -0.610. The molecule has 2 heterocycles. The summed E-state index contributed by atoms with van der Waals surface area (Å²) in [4.78, 5) is 21.8. The third kappa shape index (κ3) is 6.66. The second kappa shape index (κ2) is 12.4. The summed E-state index contributed by atoms with van der Waals surface area (Å²) in [5, 5.41) is 10.5. The van der Waals surface area contributed by atoms with E-state index in [1.165, 1.54) is 0 Å². The SMILES string of the molecule is COc1ccncc1COCC(O)CN1CCN(C(=O)C(c2ccccc2)c2ccccc2)CC1. The van der Waals surface area contributed by atoms with Crippen molar-refractivity contribution in [3.63, 3.8) is 0 Å². The van der Waals surface area contributed by atoms with Gasteiger partial charge in [-0.05, 0) is 17.2 Å². The molecule has 184 valence electrons. The number of benzene rings is 2. The maximum absolute atomic E-state index is 13.6. The number of aromatic nitrogens is 1. The molecule has 2 aromatic carbocycles. The first-order valence-corrected chi connectivity index (χ1v) is 12.0. The van der Waals surface area contributed by atoms with Crippen molar-refractivity contribution in [2.75, 3.05) is 46.4 Å². The molecule has 7 nitrogen and oxygen atoms in total. The summed E-state index contributed by atoms with van der Waals surface area (Å²) >= 11 is 0. The predicted octanol–water partition coefficient (Wildman–Crippen LogP) is 2.94. The van der Waals surface area contributed by atoms with Crippen molar-refractivity contribution in [1.82, 2.24) is 14.8 Å². The molecule has 35 heavy (non-hydrogen) atoms. The summed E-state index contributed by atoms with van der Waals surface area (Å²) in [6.07, 6.45) is 2.77. The van der Waals surface area contributed by atoms with Crippen molar-refractivity contribution in [2.45, 2.75) is 18.6 Å². The molecule has 0 aliphatic carbocycles. The molecular weight excluding hydrogens is 442 g/mol. The molecule has 0 radical (unpaired) electrons. The van der Waals surface area contributed by atoms with Gasteiger partial charge in [0.15, 0.2) is 0 Å². The second-order valence-corrected chi connectivity index (χ2v) is 8.74. The highest BCUT2D eigenvalue weighted by Gasteiger charge is 2.30. The van der Waals surface area contributed by atoms with Crippen molar-refractivity contribution in [1.29, 1.82) is 0 Å². The fourth-order valence-electron chi connectivity index (χ4n) is 4.48. The standard InChI is InChI=1S/C28H33N3O4/c1-34-26-12-13-29-18-24(26)20-35-21-25(32)19-30-14-16-31(17-15-30)28(33)27(22-8-4-2-5-9-22)23-10-6-3-7-11-23/h2-13,18,25,27,32H,14-17,19-21H2,1H3. The van der Waals surface area contributed by atoms with E-state index < -0.39 is 6.10 Å². The number of ether oxygens (including phenoxy) is 2. The number of aliphatic hydroxyl groups excluding tert-OH is 1. The van der Waals surface area contributed by atoms with Gasteiger partial charge in [-0.2, -0.15) is 0 Å². The molecule has 1 saturated heterocycles. The van der Waals surface area contributed by atoms with Gasteiger partial charge in [-0.1, -0.05) is 60.7 Å². The monoisotopic (exact) mass is 475 g/mol. The van der Waals surface area contributed by atoms with Gasteiger partial charge >= 0.3 is 0 Å². The lowest BCUT2D eigenvalue weighted by molar-refractivity contribution is -0.133. The van der Waals surface area contributed by atoms with Gasteiger partial charge in [-0.3, -0.25) is 14.7 Å². The average Bonchev–Trinajstić information content (AvgIpc) is 2.91. The summed E-state index contributed by atoms with van der Waals surface area (Å²) in [6.45, 7) is 3.76. The number of rotatable bonds is 10. The number of hydrogen-bond donors (Lipinski definition) is 1. The van der Waals surface area contributed by atoms with E-state index in [0.29, 0.717) is 26.2 Å². The van der Waals surface area contributed by atoms with E-state index in [2.05, 4.69) is 9.88 Å². The van der Waals surface area contributed by atoms with Crippen molar-refractivity contribution < 1.29 is 19.4 Å². The minimum Gasteiger partial charge on any atom is -0.496 e. The lowest BCUT2D eigenvalue weighted by Gasteiger charge is -2.37. The normalized spacial score (nSPS) is 15.2. The summed E-state index contributed by atoms with van der Waals surface area (Å²) < 4.78 is 11.0. The van der Waals surface area contributed by atoms with Gasteiger partial charge < -0.3 is 19.5 Å². The van der Waals surface area contributed by atoms with Crippen molar-refractivity contribution in [3.8, 4) is 5.75 Å². The molecule has 1 fully saturated rings. The Balaban J connectivity index is 1.28. The molecule has 1 amide bonds. The van der Waals surface area contributed by atoms with Gasteiger partial charge in [0.05, 0.1) is 32.3 Å². The highest BCUT2D eigenvalue weighted by atomic mass is 16.5. The number of pyridine rings is 1. The first-order chi connectivity index (χ1) is 17.2. The minimum absolute atomic E-state index is 0.122. The molecule has 1 atom stereocenters. The Hall–Kier alpha value is -3.26. The van der Waals surface area contributed by atoms with Crippen LogP contribution >= 0.6 is 0 Å². The fraction of sp³-hybridized carbons (Fsp3) is 0.357. The zero-order chi connectivity index (χ0) is 24.5. The van der Waals surface area contributed by atoms with Gasteiger partial charge in [0.2, 0.25) is 5.91 Å². The van der Waals surface area contributed by atoms with E-state index in [4.69, 9.17) is 9.47 Å². The van der Waals surface area contributed by atoms with E-state index in [1.807, 2.05) is 65.6 Å². The van der Waals surface area contributed by atoms with Gasteiger partial charge in [0.25, 0.3) is 0 Å². The summed E-state index contributed by atoms with van der Waals surface area (Å²) in [5.74, 6) is 0.531. The number of methoxy groups -OCH3 is 1. The van der Waals surface area contributed by atoms with E-state index in [0.717, 1.165) is 35.5 Å². The van der Waals surface area contributed by atoms with Gasteiger partial charge in [0.1, 0.15) is 5.75 Å². The first-order valence-electron chi connectivity index (χ1n) is 12.0. The van der Waals surface area contributed by atoms with Crippen LogP contribution < -0.4 is 4.74 Å². The Kier molecular flexibility index (Phi) is 8.84. The van der Waals surface area contributed by atoms with Crippen LogP contribution in [-0.4, -0.2) is 78.3 Å². The molecule has 7 heteroatoms. The number of aliphatic hydroxyl groups is 1. The fourth-order valence-corrected chi connectivity index (χ4v) is 4.48. The van der Waals surface area contributed by atoms with Gasteiger partial charge in [-0.25, -0.2) is 0 Å². The first kappa shape index (κ1) is 24.9. The van der Waals surface area contributed by atoms with Gasteiger partial charge in [0, 0.05) is 50.7 Å². The van der Waals surface area contributed by atoms with E-state index >= 15 is 0 Å². The summed E-state index contributed by atoms with van der Waals surface area (Å²) in [5.41, 5.74) is 2.86. The molecule has 1 aliphatic rings. The van der Waals surface area contributed by atoms with Crippen LogP contribution in [0.1, 0.15) is 22.6 Å². The Labute approximate surface area is 206 Å². The predicted molar refractivity (Wildman–Crippen MR) is 134 cm³/mol. The Morgan fingerprint density at radius 1 is 0.971 bits per heavy atom. The molecule has 1 unspecified atom stereocenters. The number of carbonyl (C=O) groups is 1. The third-order valence-corrected chi connectivity index (χ3v) is 6.31. The second-order valence-electron chi connectivity index (χ2n) is 8.74. The van der Waals surface area contributed by atoms with E-state index in [1.54, 1.807) is 25.6 Å². The largest absolute Gasteiger partial charge is 0.496 e. The molecule has 0 bridgehead atoms. The van der Waals surface area contributed by atoms with Crippen LogP contribution in [0.3, 0.4) is 0 Å². The number of nitrogens with zero attached hydrogens (tertiary/aromatic N) is 3. The van der Waals surface area contributed by atoms with Crippen LogP contribution in [0, 0.1) is 0 Å². The van der Waals surface area contributed by atoms with Crippen molar-refractivity contribution in [2.24, 2.45) is 0 Å². The lowest BCUT2D eigenvalue weighted by Crippen LogP contribution is -2.51. The number of carbonyl (C=O) groups excluding carboxylic acids is 1. The summed E-state index contributed by atoms with van der Waals surface area (Å²) in [7, 11) is 1.61. The van der Waals surface area contributed by atoms with Crippen LogP contribution in [0.15, 0.2) is 79.1 Å². The molecule has 1 aromatic heterocycles. The maximum Gasteiger partial charge on any atom is 0.234 e. The molecule has 1 aliphatic heterocycles. The van der Waals surface area contributed by atoms with Crippen LogP contribution in [0.4, 0.5) is 0 Å². The van der Waals surface area contributed by atoms with Crippen LogP contribution in [0.25, 0.3) is 0 Å². The quantitative estimate of drug-likeness (QED) is 0.486. The highest BCUT2D eigenvalue weighted by molar-refractivity contribution is 5.87. The third-order valence-electron chi connectivity index (χ3n) is 6.31. The van der Waals surface area contributed by atoms with Crippen LogP contribution in [0.5, 0.6) is 5.75 Å². The maximum atomic E-state index is 13.6. The van der Waals surface area contributed by atoms with E-state index in [9.17, 15) is 9.90 Å². The van der Waals surface area contributed by atoms with Crippen molar-refractivity contribution in [3.05, 3.63) is 95.8 Å². The summed E-state index contributed by atoms with van der Waals surface area (Å²) in [6, 6.07) is 21.7. The van der Waals surface area contributed by atoms with E-state index in [-0.39, 0.29) is 18.4 Å². The highest BCUT2D eigenvalue weighted by Crippen LogP contribution is 2.27. The topological polar surface area (TPSA) is 75.1 Å².